The van der Waals surface area contributed by atoms with Crippen molar-refractivity contribution in [1.82, 2.24) is 5.32 Å². The minimum Gasteiger partial charge on any atom is -0.380 e. The van der Waals surface area contributed by atoms with E-state index in [1.54, 1.807) is 0 Å². The Balaban J connectivity index is 2.13. The molecule has 0 unspecified atom stereocenters. The molecule has 2 nitrogen and oxygen atoms in total. The van der Waals surface area contributed by atoms with Crippen LogP contribution in [-0.4, -0.2) is 26.3 Å². The first-order valence-electron chi connectivity index (χ1n) is 5.26. The molecule has 0 aromatic carbocycles. The first kappa shape index (κ1) is 11.0. The predicted molar refractivity (Wildman–Crippen MR) is 55.9 cm³/mol. The van der Waals surface area contributed by atoms with E-state index < -0.39 is 0 Å². The lowest BCUT2D eigenvalue weighted by Gasteiger charge is -2.39. The van der Waals surface area contributed by atoms with Crippen molar-refractivity contribution in [2.75, 3.05) is 26.3 Å². The first-order chi connectivity index (χ1) is 5.97. The fraction of sp³-hybridized carbons (Fsp3) is 1.00. The Morgan fingerprint density at radius 3 is 2.38 bits per heavy atom. The van der Waals surface area contributed by atoms with Crippen LogP contribution >= 0.6 is 0 Å². The lowest BCUT2D eigenvalue weighted by atomic mass is 9.87. The smallest absolute Gasteiger partial charge is 0.0554 e. The van der Waals surface area contributed by atoms with Crippen LogP contribution in [0.1, 0.15) is 34.1 Å². The van der Waals surface area contributed by atoms with E-state index in [2.05, 4.69) is 33.0 Å². The summed E-state index contributed by atoms with van der Waals surface area (Å²) >= 11 is 0. The minimum absolute atomic E-state index is 0.407. The van der Waals surface area contributed by atoms with E-state index in [9.17, 15) is 0 Å². The van der Waals surface area contributed by atoms with Gasteiger partial charge in [-0.05, 0) is 11.8 Å². The SMILES string of the molecule is CCC(C)(C)CNCC1(C)COC1. The number of ether oxygens (including phenoxy) is 1. The van der Waals surface area contributed by atoms with Crippen LogP contribution in [0.4, 0.5) is 0 Å². The average molecular weight is 185 g/mol. The van der Waals surface area contributed by atoms with Crippen molar-refractivity contribution >= 4 is 0 Å². The zero-order valence-electron chi connectivity index (χ0n) is 9.44. The molecule has 0 atom stereocenters. The van der Waals surface area contributed by atoms with Crippen LogP contribution in [0.3, 0.4) is 0 Å². The molecule has 1 saturated heterocycles. The van der Waals surface area contributed by atoms with Gasteiger partial charge >= 0.3 is 0 Å². The summed E-state index contributed by atoms with van der Waals surface area (Å²) < 4.78 is 5.21. The molecule has 1 fully saturated rings. The summed E-state index contributed by atoms with van der Waals surface area (Å²) in [7, 11) is 0. The molecule has 0 radical (unpaired) electrons. The summed E-state index contributed by atoms with van der Waals surface area (Å²) in [5.74, 6) is 0. The van der Waals surface area contributed by atoms with Crippen LogP contribution in [0, 0.1) is 10.8 Å². The van der Waals surface area contributed by atoms with E-state index in [-0.39, 0.29) is 0 Å². The van der Waals surface area contributed by atoms with E-state index in [1.165, 1.54) is 6.42 Å². The number of hydrogen-bond donors (Lipinski definition) is 1. The Morgan fingerprint density at radius 2 is 2.00 bits per heavy atom. The maximum absolute atomic E-state index is 5.21. The molecule has 0 amide bonds. The molecule has 0 saturated carbocycles. The standard InChI is InChI=1S/C11H23NO/c1-5-10(2,3)6-12-7-11(4)8-13-9-11/h12H,5-9H2,1-4H3. The Hall–Kier alpha value is -0.0800. The highest BCUT2D eigenvalue weighted by Gasteiger charge is 2.33. The van der Waals surface area contributed by atoms with Crippen LogP contribution in [0.5, 0.6) is 0 Å². The minimum atomic E-state index is 0.407. The number of nitrogens with one attached hydrogen (secondary N) is 1. The van der Waals surface area contributed by atoms with Crippen LogP contribution in [0.25, 0.3) is 0 Å². The van der Waals surface area contributed by atoms with E-state index >= 15 is 0 Å². The normalized spacial score (nSPS) is 21.2. The van der Waals surface area contributed by atoms with Gasteiger partial charge in [0.25, 0.3) is 0 Å². The molecule has 1 rings (SSSR count). The number of hydrogen-bond acceptors (Lipinski definition) is 2. The summed E-state index contributed by atoms with van der Waals surface area (Å²) in [4.78, 5) is 0. The van der Waals surface area contributed by atoms with E-state index in [4.69, 9.17) is 4.74 Å². The van der Waals surface area contributed by atoms with Crippen molar-refractivity contribution in [1.29, 1.82) is 0 Å². The van der Waals surface area contributed by atoms with Gasteiger partial charge < -0.3 is 10.1 Å². The second-order valence-corrected chi connectivity index (χ2v) is 5.42. The topological polar surface area (TPSA) is 21.3 Å². The Bertz CT molecular complexity index is 150. The molecule has 1 heterocycles. The van der Waals surface area contributed by atoms with Gasteiger partial charge in [0.1, 0.15) is 0 Å². The van der Waals surface area contributed by atoms with Crippen LogP contribution in [0.2, 0.25) is 0 Å². The maximum atomic E-state index is 5.21. The quantitative estimate of drug-likeness (QED) is 0.708. The van der Waals surface area contributed by atoms with Crippen molar-refractivity contribution in [3.63, 3.8) is 0 Å². The molecule has 1 N–H and O–H groups in total. The molecule has 1 aliphatic rings. The summed E-state index contributed by atoms with van der Waals surface area (Å²) in [6.07, 6.45) is 1.23. The van der Waals surface area contributed by atoms with Gasteiger partial charge in [0.15, 0.2) is 0 Å². The summed E-state index contributed by atoms with van der Waals surface area (Å²) in [5, 5.41) is 3.54. The predicted octanol–water partition coefficient (Wildman–Crippen LogP) is 2.05. The highest BCUT2D eigenvalue weighted by Crippen LogP contribution is 2.26. The summed E-state index contributed by atoms with van der Waals surface area (Å²) in [6, 6.07) is 0. The van der Waals surface area contributed by atoms with E-state index in [1.807, 2.05) is 0 Å². The third-order valence-corrected chi connectivity index (χ3v) is 3.01. The Kier molecular flexibility index (Phi) is 3.36. The zero-order chi connectivity index (χ0) is 9.95. The van der Waals surface area contributed by atoms with E-state index in [0.29, 0.717) is 10.8 Å². The molecule has 0 aromatic heterocycles. The van der Waals surface area contributed by atoms with Gasteiger partial charge in [-0.2, -0.15) is 0 Å². The highest BCUT2D eigenvalue weighted by atomic mass is 16.5. The van der Waals surface area contributed by atoms with Crippen molar-refractivity contribution in [3.8, 4) is 0 Å². The van der Waals surface area contributed by atoms with Crippen molar-refractivity contribution in [2.24, 2.45) is 10.8 Å². The number of rotatable bonds is 5. The third kappa shape index (κ3) is 3.28. The molecular weight excluding hydrogens is 162 g/mol. The molecule has 0 spiro atoms. The largest absolute Gasteiger partial charge is 0.380 e. The van der Waals surface area contributed by atoms with Crippen LogP contribution in [-0.2, 0) is 4.74 Å². The van der Waals surface area contributed by atoms with Crippen molar-refractivity contribution in [2.45, 2.75) is 34.1 Å². The molecule has 13 heavy (non-hydrogen) atoms. The van der Waals surface area contributed by atoms with Gasteiger partial charge in [-0.3, -0.25) is 0 Å². The molecule has 78 valence electrons. The van der Waals surface area contributed by atoms with Gasteiger partial charge in [-0.1, -0.05) is 27.7 Å². The lowest BCUT2D eigenvalue weighted by Crippen LogP contribution is -2.48. The molecule has 0 aliphatic carbocycles. The van der Waals surface area contributed by atoms with Gasteiger partial charge in [-0.25, -0.2) is 0 Å². The fourth-order valence-electron chi connectivity index (χ4n) is 1.38. The molecule has 2 heteroatoms. The lowest BCUT2D eigenvalue weighted by molar-refractivity contribution is -0.0996. The fourth-order valence-corrected chi connectivity index (χ4v) is 1.38. The van der Waals surface area contributed by atoms with Gasteiger partial charge in [0.2, 0.25) is 0 Å². The average Bonchev–Trinajstić information content (AvgIpc) is 2.01. The molecular formula is C11H23NO. The molecule has 1 aliphatic heterocycles. The maximum Gasteiger partial charge on any atom is 0.0554 e. The third-order valence-electron chi connectivity index (χ3n) is 3.01. The van der Waals surface area contributed by atoms with Crippen LogP contribution < -0.4 is 5.32 Å². The molecule has 0 aromatic rings. The summed E-state index contributed by atoms with van der Waals surface area (Å²) in [6.45, 7) is 13.2. The van der Waals surface area contributed by atoms with Gasteiger partial charge in [0.05, 0.1) is 13.2 Å². The van der Waals surface area contributed by atoms with Crippen LogP contribution in [0.15, 0.2) is 0 Å². The Morgan fingerprint density at radius 1 is 1.38 bits per heavy atom. The molecule has 0 bridgehead atoms. The van der Waals surface area contributed by atoms with Crippen molar-refractivity contribution < 1.29 is 4.74 Å². The summed E-state index contributed by atoms with van der Waals surface area (Å²) in [5.41, 5.74) is 0.838. The monoisotopic (exact) mass is 185 g/mol. The Labute approximate surface area is 82.0 Å². The zero-order valence-corrected chi connectivity index (χ0v) is 9.44. The highest BCUT2D eigenvalue weighted by molar-refractivity contribution is 4.83. The second-order valence-electron chi connectivity index (χ2n) is 5.42. The van der Waals surface area contributed by atoms with Crippen molar-refractivity contribution in [3.05, 3.63) is 0 Å². The first-order valence-corrected chi connectivity index (χ1v) is 5.26. The second kappa shape index (κ2) is 3.97. The van der Waals surface area contributed by atoms with E-state index in [0.717, 1.165) is 26.3 Å². The van der Waals surface area contributed by atoms with Gasteiger partial charge in [0, 0.05) is 18.5 Å². The van der Waals surface area contributed by atoms with Gasteiger partial charge in [-0.15, -0.1) is 0 Å².